The Labute approximate surface area is 113 Å². The van der Waals surface area contributed by atoms with Gasteiger partial charge in [-0.3, -0.25) is 0 Å². The maximum absolute atomic E-state index is 10.7. The Morgan fingerprint density at radius 2 is 1.42 bits per heavy atom. The van der Waals surface area contributed by atoms with E-state index in [1.165, 1.54) is 0 Å². The molecule has 1 unspecified atom stereocenters. The zero-order valence-electron chi connectivity index (χ0n) is 11.1. The highest BCUT2D eigenvalue weighted by atomic mass is 16.5. The number of rotatable bonds is 4. The summed E-state index contributed by atoms with van der Waals surface area (Å²) in [4.78, 5) is 0. The van der Waals surface area contributed by atoms with Gasteiger partial charge in [0.1, 0.15) is 11.4 Å². The van der Waals surface area contributed by atoms with Crippen LogP contribution in [0.5, 0.6) is 5.75 Å². The highest BCUT2D eigenvalue weighted by Crippen LogP contribution is 2.30. The van der Waals surface area contributed by atoms with Crippen LogP contribution in [-0.4, -0.2) is 23.9 Å². The first-order chi connectivity index (χ1) is 9.10. The Bertz CT molecular complexity index is 531. The van der Waals surface area contributed by atoms with E-state index < -0.39 is 5.60 Å². The van der Waals surface area contributed by atoms with E-state index in [-0.39, 0.29) is 6.61 Å². The van der Waals surface area contributed by atoms with Gasteiger partial charge < -0.3 is 14.9 Å². The van der Waals surface area contributed by atoms with E-state index in [9.17, 15) is 10.2 Å². The van der Waals surface area contributed by atoms with Crippen LogP contribution in [0.4, 0.5) is 0 Å². The number of hydrogen-bond donors (Lipinski definition) is 2. The molecule has 100 valence electrons. The van der Waals surface area contributed by atoms with Gasteiger partial charge in [-0.1, -0.05) is 42.0 Å². The molecular weight excluding hydrogens is 240 g/mol. The van der Waals surface area contributed by atoms with Gasteiger partial charge in [-0.2, -0.15) is 0 Å². The van der Waals surface area contributed by atoms with E-state index in [1.807, 2.05) is 31.2 Å². The molecule has 0 heterocycles. The Hall–Kier alpha value is -1.84. The lowest BCUT2D eigenvalue weighted by Gasteiger charge is -2.27. The molecule has 0 amide bonds. The van der Waals surface area contributed by atoms with E-state index in [1.54, 1.807) is 31.4 Å². The van der Waals surface area contributed by atoms with Gasteiger partial charge >= 0.3 is 0 Å². The zero-order chi connectivity index (χ0) is 13.9. The molecule has 0 aliphatic carbocycles. The number of ether oxygens (including phenoxy) is 1. The minimum atomic E-state index is -1.39. The van der Waals surface area contributed by atoms with Gasteiger partial charge in [-0.05, 0) is 30.2 Å². The van der Waals surface area contributed by atoms with E-state index in [4.69, 9.17) is 4.74 Å². The molecule has 0 aliphatic heterocycles. The van der Waals surface area contributed by atoms with Crippen LogP contribution in [0.1, 0.15) is 16.7 Å². The second-order valence-corrected chi connectivity index (χ2v) is 4.61. The summed E-state index contributed by atoms with van der Waals surface area (Å²) >= 11 is 0. The van der Waals surface area contributed by atoms with Crippen LogP contribution in [0.3, 0.4) is 0 Å². The molecule has 2 N–H and O–H groups in total. The third-order valence-corrected chi connectivity index (χ3v) is 3.33. The molecule has 0 bridgehead atoms. The van der Waals surface area contributed by atoms with Gasteiger partial charge in [0, 0.05) is 0 Å². The predicted molar refractivity (Wildman–Crippen MR) is 74.3 cm³/mol. The third kappa shape index (κ3) is 2.62. The Balaban J connectivity index is 2.43. The lowest BCUT2D eigenvalue weighted by atomic mass is 9.87. The number of aliphatic hydroxyl groups excluding tert-OH is 1. The van der Waals surface area contributed by atoms with Crippen molar-refractivity contribution in [1.82, 2.24) is 0 Å². The second kappa shape index (κ2) is 5.43. The van der Waals surface area contributed by atoms with Crippen LogP contribution < -0.4 is 4.74 Å². The Morgan fingerprint density at radius 3 is 1.84 bits per heavy atom. The molecule has 2 aromatic carbocycles. The van der Waals surface area contributed by atoms with Crippen molar-refractivity contribution in [3.05, 3.63) is 65.2 Å². The van der Waals surface area contributed by atoms with Gasteiger partial charge in [-0.25, -0.2) is 0 Å². The van der Waals surface area contributed by atoms with Crippen molar-refractivity contribution in [2.75, 3.05) is 13.7 Å². The number of hydrogen-bond acceptors (Lipinski definition) is 3. The fraction of sp³-hybridized carbons (Fsp3) is 0.250. The van der Waals surface area contributed by atoms with Crippen LogP contribution in [0, 0.1) is 6.92 Å². The highest BCUT2D eigenvalue weighted by molar-refractivity contribution is 5.39. The molecule has 0 spiro atoms. The number of methoxy groups -OCH3 is 1. The summed E-state index contributed by atoms with van der Waals surface area (Å²) in [7, 11) is 1.59. The van der Waals surface area contributed by atoms with Crippen LogP contribution in [-0.2, 0) is 5.60 Å². The normalized spacial score (nSPS) is 13.9. The quantitative estimate of drug-likeness (QED) is 0.884. The van der Waals surface area contributed by atoms with Crippen molar-refractivity contribution in [1.29, 1.82) is 0 Å². The first-order valence-electron chi connectivity index (χ1n) is 6.15. The molecule has 2 rings (SSSR count). The predicted octanol–water partition coefficient (Wildman–Crippen LogP) is 2.23. The molecule has 0 fully saturated rings. The SMILES string of the molecule is COc1ccc(C(O)(CO)c2ccc(C)cc2)cc1. The highest BCUT2D eigenvalue weighted by Gasteiger charge is 2.30. The fourth-order valence-corrected chi connectivity index (χ4v) is 2.05. The number of aryl methyl sites for hydroxylation is 1. The summed E-state index contributed by atoms with van der Waals surface area (Å²) in [5.74, 6) is 0.716. The Kier molecular flexibility index (Phi) is 3.88. The summed E-state index contributed by atoms with van der Waals surface area (Å²) < 4.78 is 5.09. The van der Waals surface area contributed by atoms with E-state index in [0.717, 1.165) is 5.56 Å². The number of aliphatic hydroxyl groups is 2. The van der Waals surface area contributed by atoms with Crippen molar-refractivity contribution in [3.63, 3.8) is 0 Å². The standard InChI is InChI=1S/C16H18O3/c1-12-3-5-13(6-4-12)16(18,11-17)14-7-9-15(19-2)10-8-14/h3-10,17-18H,11H2,1-2H3. The number of benzene rings is 2. The minimum Gasteiger partial charge on any atom is -0.497 e. The van der Waals surface area contributed by atoms with Gasteiger partial charge in [0.05, 0.1) is 13.7 Å². The van der Waals surface area contributed by atoms with Crippen molar-refractivity contribution < 1.29 is 14.9 Å². The average Bonchev–Trinajstić information content (AvgIpc) is 2.47. The van der Waals surface area contributed by atoms with Crippen molar-refractivity contribution >= 4 is 0 Å². The first-order valence-corrected chi connectivity index (χ1v) is 6.15. The molecule has 0 saturated heterocycles. The monoisotopic (exact) mass is 258 g/mol. The summed E-state index contributed by atoms with van der Waals surface area (Å²) in [5, 5.41) is 20.3. The second-order valence-electron chi connectivity index (χ2n) is 4.61. The topological polar surface area (TPSA) is 49.7 Å². The molecule has 0 saturated carbocycles. The molecule has 0 radical (unpaired) electrons. The van der Waals surface area contributed by atoms with Gasteiger partial charge in [-0.15, -0.1) is 0 Å². The molecule has 1 atom stereocenters. The molecule has 0 aromatic heterocycles. The average molecular weight is 258 g/mol. The maximum Gasteiger partial charge on any atom is 0.138 e. The minimum absolute atomic E-state index is 0.373. The molecular formula is C16H18O3. The summed E-state index contributed by atoms with van der Waals surface area (Å²) in [5.41, 5.74) is 1.03. The van der Waals surface area contributed by atoms with E-state index in [2.05, 4.69) is 0 Å². The maximum atomic E-state index is 10.7. The van der Waals surface area contributed by atoms with Gasteiger partial charge in [0.15, 0.2) is 0 Å². The molecule has 3 heteroatoms. The van der Waals surface area contributed by atoms with Crippen LogP contribution in [0.15, 0.2) is 48.5 Å². The molecule has 3 nitrogen and oxygen atoms in total. The van der Waals surface area contributed by atoms with Gasteiger partial charge in [0.25, 0.3) is 0 Å². The van der Waals surface area contributed by atoms with Crippen molar-refractivity contribution in [3.8, 4) is 5.75 Å². The molecule has 19 heavy (non-hydrogen) atoms. The van der Waals surface area contributed by atoms with Gasteiger partial charge in [0.2, 0.25) is 0 Å². The lowest BCUT2D eigenvalue weighted by Crippen LogP contribution is -2.31. The van der Waals surface area contributed by atoms with Crippen LogP contribution >= 0.6 is 0 Å². The molecule has 2 aromatic rings. The molecule has 0 aliphatic rings. The smallest absolute Gasteiger partial charge is 0.138 e. The summed E-state index contributed by atoms with van der Waals surface area (Å²) in [6.45, 7) is 1.61. The van der Waals surface area contributed by atoms with Crippen LogP contribution in [0.2, 0.25) is 0 Å². The lowest BCUT2D eigenvalue weighted by molar-refractivity contribution is 0.0172. The summed E-state index contributed by atoms with van der Waals surface area (Å²) in [6, 6.07) is 14.5. The fourth-order valence-electron chi connectivity index (χ4n) is 2.05. The third-order valence-electron chi connectivity index (χ3n) is 3.33. The van der Waals surface area contributed by atoms with Crippen LogP contribution in [0.25, 0.3) is 0 Å². The van der Waals surface area contributed by atoms with E-state index in [0.29, 0.717) is 16.9 Å². The van der Waals surface area contributed by atoms with Crippen molar-refractivity contribution in [2.45, 2.75) is 12.5 Å². The van der Waals surface area contributed by atoms with Crippen molar-refractivity contribution in [2.24, 2.45) is 0 Å². The largest absolute Gasteiger partial charge is 0.497 e. The van der Waals surface area contributed by atoms with E-state index >= 15 is 0 Å². The summed E-state index contributed by atoms with van der Waals surface area (Å²) in [6.07, 6.45) is 0. The Morgan fingerprint density at radius 1 is 0.947 bits per heavy atom. The first kappa shape index (κ1) is 13.6. The zero-order valence-corrected chi connectivity index (χ0v) is 11.1.